The summed E-state index contributed by atoms with van der Waals surface area (Å²) in [5.41, 5.74) is 1.04. The second-order valence-electron chi connectivity index (χ2n) is 5.67. The zero-order chi connectivity index (χ0) is 14.7. The SMILES string of the molecule is CC(CN1CCCCC1)n1c(-c2ccncc2)n[nH]c1=S. The molecule has 0 bridgehead atoms. The van der Waals surface area contributed by atoms with Gasteiger partial charge in [-0.3, -0.25) is 14.6 Å². The van der Waals surface area contributed by atoms with E-state index in [2.05, 4.69) is 31.6 Å². The number of nitrogens with one attached hydrogen (secondary N) is 1. The Morgan fingerprint density at radius 3 is 2.67 bits per heavy atom. The lowest BCUT2D eigenvalue weighted by molar-refractivity contribution is 0.202. The van der Waals surface area contributed by atoms with Gasteiger partial charge in [-0.15, -0.1) is 0 Å². The summed E-state index contributed by atoms with van der Waals surface area (Å²) in [4.78, 5) is 6.59. The molecule has 0 aliphatic carbocycles. The van der Waals surface area contributed by atoms with E-state index in [-0.39, 0.29) is 0 Å². The number of aromatic nitrogens is 4. The number of aromatic amines is 1. The van der Waals surface area contributed by atoms with Crippen LogP contribution in [0.2, 0.25) is 0 Å². The maximum absolute atomic E-state index is 5.43. The molecule has 2 aromatic heterocycles. The molecule has 3 rings (SSSR count). The maximum atomic E-state index is 5.43. The van der Waals surface area contributed by atoms with Crippen LogP contribution in [0.15, 0.2) is 24.5 Å². The highest BCUT2D eigenvalue weighted by Gasteiger charge is 2.18. The van der Waals surface area contributed by atoms with E-state index in [0.717, 1.165) is 17.9 Å². The van der Waals surface area contributed by atoms with Gasteiger partial charge in [0.2, 0.25) is 0 Å². The van der Waals surface area contributed by atoms with Crippen molar-refractivity contribution in [3.8, 4) is 11.4 Å². The molecule has 0 aromatic carbocycles. The van der Waals surface area contributed by atoms with E-state index < -0.39 is 0 Å². The summed E-state index contributed by atoms with van der Waals surface area (Å²) in [6.07, 6.45) is 7.54. The van der Waals surface area contributed by atoms with E-state index in [4.69, 9.17) is 12.2 Å². The highest BCUT2D eigenvalue weighted by molar-refractivity contribution is 7.71. The van der Waals surface area contributed by atoms with Crippen LogP contribution in [-0.2, 0) is 0 Å². The van der Waals surface area contributed by atoms with Crippen molar-refractivity contribution >= 4 is 12.2 Å². The lowest BCUT2D eigenvalue weighted by Gasteiger charge is -2.29. The van der Waals surface area contributed by atoms with Gasteiger partial charge in [0, 0.05) is 30.5 Å². The summed E-state index contributed by atoms with van der Waals surface area (Å²) >= 11 is 5.43. The molecule has 1 aliphatic rings. The van der Waals surface area contributed by atoms with Crippen molar-refractivity contribution in [2.45, 2.75) is 32.2 Å². The molecule has 0 radical (unpaired) electrons. The van der Waals surface area contributed by atoms with Gasteiger partial charge in [0.1, 0.15) is 0 Å². The van der Waals surface area contributed by atoms with E-state index >= 15 is 0 Å². The number of H-pyrrole nitrogens is 1. The Morgan fingerprint density at radius 2 is 1.95 bits per heavy atom. The molecule has 0 saturated carbocycles. The zero-order valence-corrected chi connectivity index (χ0v) is 13.1. The third kappa shape index (κ3) is 3.22. The molecule has 1 unspecified atom stereocenters. The lowest BCUT2D eigenvalue weighted by Crippen LogP contribution is -2.34. The maximum Gasteiger partial charge on any atom is 0.195 e. The molecule has 1 fully saturated rings. The van der Waals surface area contributed by atoms with E-state index in [1.807, 2.05) is 12.1 Å². The molecule has 0 spiro atoms. The summed E-state index contributed by atoms with van der Waals surface area (Å²) in [7, 11) is 0. The van der Waals surface area contributed by atoms with Crippen LogP contribution in [0.5, 0.6) is 0 Å². The second kappa shape index (κ2) is 6.49. The average molecular weight is 303 g/mol. The number of nitrogens with zero attached hydrogens (tertiary/aromatic N) is 4. The highest BCUT2D eigenvalue weighted by Crippen LogP contribution is 2.22. The molecule has 1 saturated heterocycles. The molecule has 21 heavy (non-hydrogen) atoms. The Morgan fingerprint density at radius 1 is 1.24 bits per heavy atom. The molecule has 112 valence electrons. The Bertz CT molecular complexity index is 627. The van der Waals surface area contributed by atoms with Crippen molar-refractivity contribution < 1.29 is 0 Å². The molecular weight excluding hydrogens is 282 g/mol. The van der Waals surface area contributed by atoms with Crippen LogP contribution >= 0.6 is 12.2 Å². The second-order valence-corrected chi connectivity index (χ2v) is 6.06. The first-order valence-electron chi connectivity index (χ1n) is 7.55. The van der Waals surface area contributed by atoms with Gasteiger partial charge in [-0.1, -0.05) is 6.42 Å². The van der Waals surface area contributed by atoms with Crippen LogP contribution in [0.4, 0.5) is 0 Å². The number of rotatable bonds is 4. The van der Waals surface area contributed by atoms with Crippen LogP contribution in [0.1, 0.15) is 32.2 Å². The van der Waals surface area contributed by atoms with Gasteiger partial charge in [-0.05, 0) is 57.2 Å². The molecule has 5 nitrogen and oxygen atoms in total. The molecule has 1 aliphatic heterocycles. The van der Waals surface area contributed by atoms with Crippen LogP contribution in [-0.4, -0.2) is 44.3 Å². The summed E-state index contributed by atoms with van der Waals surface area (Å²) in [5, 5.41) is 7.33. The largest absolute Gasteiger partial charge is 0.301 e. The number of hydrogen-bond acceptors (Lipinski definition) is 4. The predicted molar refractivity (Wildman–Crippen MR) is 85.6 cm³/mol. The van der Waals surface area contributed by atoms with Crippen molar-refractivity contribution in [1.29, 1.82) is 0 Å². The summed E-state index contributed by atoms with van der Waals surface area (Å²) < 4.78 is 2.81. The van der Waals surface area contributed by atoms with Crippen LogP contribution in [0.3, 0.4) is 0 Å². The first kappa shape index (κ1) is 14.4. The van der Waals surface area contributed by atoms with Crippen LogP contribution in [0, 0.1) is 4.77 Å². The van der Waals surface area contributed by atoms with Gasteiger partial charge in [0.25, 0.3) is 0 Å². The van der Waals surface area contributed by atoms with Crippen molar-refractivity contribution in [2.24, 2.45) is 0 Å². The van der Waals surface area contributed by atoms with Gasteiger partial charge < -0.3 is 4.90 Å². The van der Waals surface area contributed by atoms with Gasteiger partial charge in [-0.25, -0.2) is 0 Å². The van der Waals surface area contributed by atoms with Crippen molar-refractivity contribution in [3.63, 3.8) is 0 Å². The normalized spacial score (nSPS) is 17.8. The molecule has 6 heteroatoms. The van der Waals surface area contributed by atoms with Crippen LogP contribution in [0.25, 0.3) is 11.4 Å². The van der Waals surface area contributed by atoms with Crippen molar-refractivity contribution in [2.75, 3.05) is 19.6 Å². The predicted octanol–water partition coefficient (Wildman–Crippen LogP) is 3.05. The molecule has 1 atom stereocenters. The fourth-order valence-corrected chi connectivity index (χ4v) is 3.33. The number of pyridine rings is 1. The fourth-order valence-electron chi connectivity index (χ4n) is 3.02. The average Bonchev–Trinajstić information content (AvgIpc) is 2.91. The lowest BCUT2D eigenvalue weighted by atomic mass is 10.1. The Balaban J connectivity index is 1.84. The summed E-state index contributed by atoms with van der Waals surface area (Å²) in [6.45, 7) is 5.62. The third-order valence-corrected chi connectivity index (χ3v) is 4.34. The van der Waals surface area contributed by atoms with Crippen molar-refractivity contribution in [1.82, 2.24) is 24.6 Å². The van der Waals surface area contributed by atoms with Crippen LogP contribution < -0.4 is 0 Å². The summed E-state index contributed by atoms with van der Waals surface area (Å²) in [6, 6.07) is 4.24. The minimum absolute atomic E-state index is 0.303. The molecular formula is C15H21N5S. The Labute approximate surface area is 130 Å². The highest BCUT2D eigenvalue weighted by atomic mass is 32.1. The minimum atomic E-state index is 0.303. The van der Waals surface area contributed by atoms with E-state index in [1.165, 1.54) is 32.4 Å². The molecule has 2 aromatic rings. The number of hydrogen-bond donors (Lipinski definition) is 1. The standard InChI is InChI=1S/C15H21N5S/c1-12(11-19-9-3-2-4-10-19)20-14(17-18-15(20)21)13-5-7-16-8-6-13/h5-8,12H,2-4,9-11H2,1H3,(H,18,21). The smallest absolute Gasteiger partial charge is 0.195 e. The van der Waals surface area contributed by atoms with Gasteiger partial charge in [0.05, 0.1) is 0 Å². The quantitative estimate of drug-likeness (QED) is 0.882. The zero-order valence-electron chi connectivity index (χ0n) is 12.3. The Kier molecular flexibility index (Phi) is 4.45. The first-order chi connectivity index (χ1) is 10.3. The van der Waals surface area contributed by atoms with E-state index in [9.17, 15) is 0 Å². The van der Waals surface area contributed by atoms with Gasteiger partial charge >= 0.3 is 0 Å². The number of piperidine rings is 1. The van der Waals surface area contributed by atoms with E-state index in [1.54, 1.807) is 12.4 Å². The monoisotopic (exact) mass is 303 g/mol. The topological polar surface area (TPSA) is 49.7 Å². The molecule has 1 N–H and O–H groups in total. The molecule has 0 amide bonds. The van der Waals surface area contributed by atoms with Gasteiger partial charge in [0.15, 0.2) is 10.6 Å². The van der Waals surface area contributed by atoms with E-state index in [0.29, 0.717) is 10.8 Å². The Hall–Kier alpha value is -1.53. The van der Waals surface area contributed by atoms with Crippen molar-refractivity contribution in [3.05, 3.63) is 29.3 Å². The molecule has 3 heterocycles. The third-order valence-electron chi connectivity index (χ3n) is 4.05. The first-order valence-corrected chi connectivity index (χ1v) is 7.96. The fraction of sp³-hybridized carbons (Fsp3) is 0.533. The van der Waals surface area contributed by atoms with Gasteiger partial charge in [-0.2, -0.15) is 5.10 Å². The number of likely N-dealkylation sites (tertiary alicyclic amines) is 1. The summed E-state index contributed by atoms with van der Waals surface area (Å²) in [5.74, 6) is 0.895. The minimum Gasteiger partial charge on any atom is -0.301 e.